The van der Waals surface area contributed by atoms with Gasteiger partial charge in [0, 0.05) is 17.2 Å². The van der Waals surface area contributed by atoms with Crippen LogP contribution in [0.2, 0.25) is 0 Å². The first-order valence-corrected chi connectivity index (χ1v) is 10.1. The Labute approximate surface area is 145 Å². The minimum absolute atomic E-state index is 0.148. The molecule has 124 valence electrons. The summed E-state index contributed by atoms with van der Waals surface area (Å²) in [7, 11) is 0. The SMILES string of the molecule is C[C@@H]1CCCC[C@H]1NC(=O)CSCc1csc(-c2ccco2)n1. The molecule has 2 heterocycles. The summed E-state index contributed by atoms with van der Waals surface area (Å²) in [5.41, 5.74) is 1.00. The summed E-state index contributed by atoms with van der Waals surface area (Å²) < 4.78 is 5.35. The Balaban J connectivity index is 1.41. The van der Waals surface area contributed by atoms with Crippen LogP contribution in [0.5, 0.6) is 0 Å². The lowest BCUT2D eigenvalue weighted by atomic mass is 9.86. The van der Waals surface area contributed by atoms with E-state index in [0.717, 1.165) is 28.6 Å². The molecule has 1 N–H and O–H groups in total. The molecule has 0 bridgehead atoms. The van der Waals surface area contributed by atoms with Crippen LogP contribution in [0.1, 0.15) is 38.3 Å². The molecular formula is C17H22N2O2S2. The van der Waals surface area contributed by atoms with Crippen molar-refractivity contribution in [2.24, 2.45) is 5.92 Å². The van der Waals surface area contributed by atoms with Crippen molar-refractivity contribution >= 4 is 29.0 Å². The average molecular weight is 351 g/mol. The highest BCUT2D eigenvalue weighted by Crippen LogP contribution is 2.26. The van der Waals surface area contributed by atoms with Gasteiger partial charge in [-0.25, -0.2) is 4.98 Å². The van der Waals surface area contributed by atoms with Crippen molar-refractivity contribution in [3.8, 4) is 10.8 Å². The lowest BCUT2D eigenvalue weighted by molar-refractivity contribution is -0.119. The van der Waals surface area contributed by atoms with E-state index < -0.39 is 0 Å². The smallest absolute Gasteiger partial charge is 0.230 e. The summed E-state index contributed by atoms with van der Waals surface area (Å²) in [6.45, 7) is 2.24. The van der Waals surface area contributed by atoms with Gasteiger partial charge in [0.1, 0.15) is 0 Å². The molecule has 0 radical (unpaired) electrons. The fourth-order valence-electron chi connectivity index (χ4n) is 2.91. The number of aromatic nitrogens is 1. The van der Waals surface area contributed by atoms with Crippen LogP contribution >= 0.6 is 23.1 Å². The fraction of sp³-hybridized carbons (Fsp3) is 0.529. The summed E-state index contributed by atoms with van der Waals surface area (Å²) in [5, 5.41) is 6.12. The zero-order valence-corrected chi connectivity index (χ0v) is 14.9. The Morgan fingerprint density at radius 1 is 1.48 bits per heavy atom. The van der Waals surface area contributed by atoms with Gasteiger partial charge in [0.15, 0.2) is 10.8 Å². The molecule has 1 amide bonds. The molecule has 1 fully saturated rings. The van der Waals surface area contributed by atoms with Gasteiger partial charge >= 0.3 is 0 Å². The van der Waals surface area contributed by atoms with Gasteiger partial charge in [-0.15, -0.1) is 23.1 Å². The zero-order chi connectivity index (χ0) is 16.1. The van der Waals surface area contributed by atoms with Crippen LogP contribution in [-0.4, -0.2) is 22.7 Å². The van der Waals surface area contributed by atoms with E-state index in [1.807, 2.05) is 17.5 Å². The first-order valence-electron chi connectivity index (χ1n) is 8.08. The number of thioether (sulfide) groups is 1. The van der Waals surface area contributed by atoms with Crippen molar-refractivity contribution in [3.05, 3.63) is 29.5 Å². The minimum atomic E-state index is 0.148. The molecule has 0 unspecified atom stereocenters. The molecular weight excluding hydrogens is 328 g/mol. The normalized spacial score (nSPS) is 21.3. The highest BCUT2D eigenvalue weighted by molar-refractivity contribution is 7.99. The van der Waals surface area contributed by atoms with E-state index in [0.29, 0.717) is 17.7 Å². The number of thiazole rings is 1. The van der Waals surface area contributed by atoms with Crippen molar-refractivity contribution in [2.75, 3.05) is 5.75 Å². The predicted octanol–water partition coefficient (Wildman–Crippen LogP) is 4.33. The number of carbonyl (C=O) groups excluding carboxylic acids is 1. The summed E-state index contributed by atoms with van der Waals surface area (Å²) >= 11 is 3.19. The van der Waals surface area contributed by atoms with Gasteiger partial charge in [-0.05, 0) is 30.9 Å². The highest BCUT2D eigenvalue weighted by atomic mass is 32.2. The van der Waals surface area contributed by atoms with Crippen molar-refractivity contribution in [1.29, 1.82) is 0 Å². The van der Waals surface area contributed by atoms with Crippen LogP contribution in [0.25, 0.3) is 10.8 Å². The van der Waals surface area contributed by atoms with Crippen LogP contribution in [0, 0.1) is 5.92 Å². The first-order chi connectivity index (χ1) is 11.2. The summed E-state index contributed by atoms with van der Waals surface area (Å²) in [6.07, 6.45) is 6.53. The van der Waals surface area contributed by atoms with Gasteiger partial charge in [-0.1, -0.05) is 19.8 Å². The van der Waals surface area contributed by atoms with E-state index in [1.54, 1.807) is 29.4 Å². The molecule has 23 heavy (non-hydrogen) atoms. The lowest BCUT2D eigenvalue weighted by Crippen LogP contribution is -2.41. The maximum absolute atomic E-state index is 12.1. The van der Waals surface area contributed by atoms with E-state index in [1.165, 1.54) is 19.3 Å². The Morgan fingerprint density at radius 2 is 2.35 bits per heavy atom. The Kier molecular flexibility index (Phi) is 5.78. The average Bonchev–Trinajstić information content (AvgIpc) is 3.20. The van der Waals surface area contributed by atoms with Crippen molar-refractivity contribution in [2.45, 2.75) is 44.4 Å². The van der Waals surface area contributed by atoms with Gasteiger partial charge < -0.3 is 9.73 Å². The maximum atomic E-state index is 12.1. The van der Waals surface area contributed by atoms with Crippen LogP contribution in [0.4, 0.5) is 0 Å². The Bertz CT molecular complexity index is 624. The molecule has 1 aliphatic rings. The van der Waals surface area contributed by atoms with Crippen molar-refractivity contribution in [3.63, 3.8) is 0 Å². The molecule has 0 aliphatic heterocycles. The predicted molar refractivity (Wildman–Crippen MR) is 95.5 cm³/mol. The van der Waals surface area contributed by atoms with Gasteiger partial charge in [-0.2, -0.15) is 0 Å². The molecule has 6 heteroatoms. The number of amides is 1. The van der Waals surface area contributed by atoms with E-state index in [2.05, 4.69) is 17.2 Å². The van der Waals surface area contributed by atoms with Crippen molar-refractivity contribution in [1.82, 2.24) is 10.3 Å². The summed E-state index contributed by atoms with van der Waals surface area (Å²) in [4.78, 5) is 16.6. The number of carbonyl (C=O) groups is 1. The Hall–Kier alpha value is -1.27. The van der Waals surface area contributed by atoms with Crippen LogP contribution in [0.15, 0.2) is 28.2 Å². The quantitative estimate of drug-likeness (QED) is 0.842. The molecule has 0 spiro atoms. The van der Waals surface area contributed by atoms with Crippen LogP contribution < -0.4 is 5.32 Å². The van der Waals surface area contributed by atoms with Gasteiger partial charge in [0.05, 0.1) is 17.7 Å². The third-order valence-corrected chi connectivity index (χ3v) is 6.10. The van der Waals surface area contributed by atoms with Crippen LogP contribution in [-0.2, 0) is 10.5 Å². The minimum Gasteiger partial charge on any atom is -0.462 e. The van der Waals surface area contributed by atoms with Crippen LogP contribution in [0.3, 0.4) is 0 Å². The number of hydrogen-bond acceptors (Lipinski definition) is 5. The van der Waals surface area contributed by atoms with E-state index >= 15 is 0 Å². The number of furan rings is 1. The molecule has 2 atom stereocenters. The molecule has 1 saturated carbocycles. The standard InChI is InChI=1S/C17H22N2O2S2/c1-12-5-2-3-6-14(12)19-16(20)11-22-9-13-10-23-17(18-13)15-7-4-8-21-15/h4,7-8,10,12,14H,2-3,5-6,9,11H2,1H3,(H,19,20)/t12-,14-/m1/s1. The number of nitrogens with one attached hydrogen (secondary N) is 1. The van der Waals surface area contributed by atoms with E-state index in [4.69, 9.17) is 4.42 Å². The maximum Gasteiger partial charge on any atom is 0.230 e. The fourth-order valence-corrected chi connectivity index (χ4v) is 4.53. The number of rotatable bonds is 6. The molecule has 1 aliphatic carbocycles. The number of hydrogen-bond donors (Lipinski definition) is 1. The monoisotopic (exact) mass is 350 g/mol. The molecule has 3 rings (SSSR count). The van der Waals surface area contributed by atoms with Gasteiger partial charge in [-0.3, -0.25) is 4.79 Å². The molecule has 2 aromatic rings. The number of nitrogens with zero attached hydrogens (tertiary/aromatic N) is 1. The summed E-state index contributed by atoms with van der Waals surface area (Å²) in [5.74, 6) is 2.81. The highest BCUT2D eigenvalue weighted by Gasteiger charge is 2.22. The topological polar surface area (TPSA) is 55.1 Å². The van der Waals surface area contributed by atoms with Gasteiger partial charge in [0.2, 0.25) is 5.91 Å². The molecule has 4 nitrogen and oxygen atoms in total. The van der Waals surface area contributed by atoms with E-state index in [-0.39, 0.29) is 5.91 Å². The third kappa shape index (κ3) is 4.61. The lowest BCUT2D eigenvalue weighted by Gasteiger charge is -2.29. The molecule has 0 aromatic carbocycles. The largest absolute Gasteiger partial charge is 0.462 e. The van der Waals surface area contributed by atoms with Gasteiger partial charge in [0.25, 0.3) is 0 Å². The second-order valence-electron chi connectivity index (χ2n) is 6.05. The second kappa shape index (κ2) is 8.02. The molecule has 0 saturated heterocycles. The first kappa shape index (κ1) is 16.6. The summed E-state index contributed by atoms with van der Waals surface area (Å²) in [6, 6.07) is 4.14. The van der Waals surface area contributed by atoms with E-state index in [9.17, 15) is 4.79 Å². The van der Waals surface area contributed by atoms with Crippen molar-refractivity contribution < 1.29 is 9.21 Å². The molecule has 2 aromatic heterocycles. The zero-order valence-electron chi connectivity index (χ0n) is 13.3. The second-order valence-corrected chi connectivity index (χ2v) is 7.89. The third-order valence-electron chi connectivity index (χ3n) is 4.22. The Morgan fingerprint density at radius 3 is 3.13 bits per heavy atom.